The quantitative estimate of drug-likeness (QED) is 0.419. The highest BCUT2D eigenvalue weighted by atomic mass is 16.5. The lowest BCUT2D eigenvalue weighted by atomic mass is 10.1. The summed E-state index contributed by atoms with van der Waals surface area (Å²) >= 11 is 0. The van der Waals surface area contributed by atoms with Gasteiger partial charge < -0.3 is 24.8 Å². The van der Waals surface area contributed by atoms with Gasteiger partial charge in [0, 0.05) is 48.3 Å². The Labute approximate surface area is 210 Å². The first-order valence-corrected chi connectivity index (χ1v) is 12.1. The molecule has 0 atom stereocenters. The van der Waals surface area contributed by atoms with Gasteiger partial charge in [-0.3, -0.25) is 9.59 Å². The fraction of sp³-hybridized carbons (Fsp3) is 0.241. The molecule has 1 fully saturated rings. The van der Waals surface area contributed by atoms with Crippen molar-refractivity contribution >= 4 is 34.1 Å². The van der Waals surface area contributed by atoms with Crippen LogP contribution in [-0.2, 0) is 0 Å². The summed E-state index contributed by atoms with van der Waals surface area (Å²) in [5, 5.41) is 3.85. The molecule has 5 rings (SSSR count). The molecule has 2 heterocycles. The topological polar surface area (TPSA) is 77.7 Å². The normalized spacial score (nSPS) is 13.6. The maximum Gasteiger partial charge on any atom is 0.272 e. The smallest absolute Gasteiger partial charge is 0.272 e. The van der Waals surface area contributed by atoms with Crippen molar-refractivity contribution in [3.8, 4) is 5.75 Å². The van der Waals surface area contributed by atoms with Crippen LogP contribution in [0.1, 0.15) is 32.0 Å². The number of ether oxygens (including phenoxy) is 1. The molecule has 0 saturated carbocycles. The Bertz CT molecular complexity index is 1400. The van der Waals surface area contributed by atoms with Crippen LogP contribution in [0.2, 0.25) is 0 Å². The molecule has 36 heavy (non-hydrogen) atoms. The molecule has 0 aliphatic carbocycles. The van der Waals surface area contributed by atoms with Crippen molar-refractivity contribution in [3.05, 3.63) is 89.1 Å². The van der Waals surface area contributed by atoms with Gasteiger partial charge in [-0.1, -0.05) is 29.3 Å². The van der Waals surface area contributed by atoms with Crippen molar-refractivity contribution in [1.82, 2.24) is 9.88 Å². The van der Waals surface area contributed by atoms with E-state index < -0.39 is 0 Å². The number of piperazine rings is 1. The van der Waals surface area contributed by atoms with E-state index in [0.717, 1.165) is 46.6 Å². The molecule has 184 valence electrons. The monoisotopic (exact) mass is 482 g/mol. The van der Waals surface area contributed by atoms with Crippen LogP contribution < -0.4 is 15.0 Å². The number of anilines is 2. The van der Waals surface area contributed by atoms with Crippen molar-refractivity contribution in [2.24, 2.45) is 0 Å². The molecule has 7 heteroatoms. The standard InChI is InChI=1S/C29H30N4O3/c1-19-4-7-21(8-5-19)28(34)31-26-24-18-20(2)6-13-25(24)30-27(26)29(35)33-16-14-32(15-17-33)22-9-11-23(36-3)12-10-22/h4-13,18,30H,14-17H2,1-3H3,(H,31,34). The third-order valence-corrected chi connectivity index (χ3v) is 6.72. The van der Waals surface area contributed by atoms with E-state index in [4.69, 9.17) is 4.74 Å². The number of hydrogen-bond acceptors (Lipinski definition) is 4. The molecule has 0 bridgehead atoms. The highest BCUT2D eigenvalue weighted by Crippen LogP contribution is 2.31. The van der Waals surface area contributed by atoms with Gasteiger partial charge in [-0.05, 0) is 62.4 Å². The number of hydrogen-bond donors (Lipinski definition) is 2. The molecule has 7 nitrogen and oxygen atoms in total. The average molecular weight is 483 g/mol. The zero-order chi connectivity index (χ0) is 25.2. The van der Waals surface area contributed by atoms with Gasteiger partial charge in [0.15, 0.2) is 0 Å². The van der Waals surface area contributed by atoms with E-state index in [1.54, 1.807) is 19.2 Å². The Morgan fingerprint density at radius 3 is 2.19 bits per heavy atom. The molecule has 0 radical (unpaired) electrons. The Kier molecular flexibility index (Phi) is 6.38. The zero-order valence-corrected chi connectivity index (χ0v) is 20.8. The first-order valence-electron chi connectivity index (χ1n) is 12.1. The van der Waals surface area contributed by atoms with Crippen LogP contribution in [0, 0.1) is 13.8 Å². The first-order chi connectivity index (χ1) is 17.4. The van der Waals surface area contributed by atoms with E-state index in [2.05, 4.69) is 15.2 Å². The number of benzene rings is 3. The summed E-state index contributed by atoms with van der Waals surface area (Å²) in [4.78, 5) is 34.1. The predicted octanol–water partition coefficient (Wildman–Crippen LogP) is 5.01. The highest BCUT2D eigenvalue weighted by Gasteiger charge is 2.27. The number of aromatic amines is 1. The van der Waals surface area contributed by atoms with Crippen LogP contribution in [0.5, 0.6) is 5.75 Å². The number of nitrogens with one attached hydrogen (secondary N) is 2. The van der Waals surface area contributed by atoms with Gasteiger partial charge in [-0.15, -0.1) is 0 Å². The maximum absolute atomic E-state index is 13.7. The third-order valence-electron chi connectivity index (χ3n) is 6.72. The van der Waals surface area contributed by atoms with E-state index >= 15 is 0 Å². The van der Waals surface area contributed by atoms with E-state index in [1.807, 2.05) is 73.3 Å². The van der Waals surface area contributed by atoms with E-state index in [9.17, 15) is 9.59 Å². The summed E-state index contributed by atoms with van der Waals surface area (Å²) in [5.74, 6) is 0.468. The van der Waals surface area contributed by atoms with Crippen molar-refractivity contribution in [3.63, 3.8) is 0 Å². The fourth-order valence-corrected chi connectivity index (χ4v) is 4.61. The Balaban J connectivity index is 1.38. The third kappa shape index (κ3) is 4.64. The minimum Gasteiger partial charge on any atom is -0.497 e. The van der Waals surface area contributed by atoms with Gasteiger partial charge in [0.05, 0.1) is 12.8 Å². The van der Waals surface area contributed by atoms with Gasteiger partial charge >= 0.3 is 0 Å². The van der Waals surface area contributed by atoms with Crippen LogP contribution in [0.3, 0.4) is 0 Å². The Morgan fingerprint density at radius 2 is 1.53 bits per heavy atom. The summed E-state index contributed by atoms with van der Waals surface area (Å²) in [5.41, 5.74) is 5.55. The molecule has 2 N–H and O–H groups in total. The molecule has 1 aromatic heterocycles. The molecule has 1 aliphatic heterocycles. The molecule has 0 spiro atoms. The number of carbonyl (C=O) groups is 2. The molecule has 4 aromatic rings. The lowest BCUT2D eigenvalue weighted by Gasteiger charge is -2.36. The summed E-state index contributed by atoms with van der Waals surface area (Å²) in [6, 6.07) is 21.3. The van der Waals surface area contributed by atoms with Crippen LogP contribution >= 0.6 is 0 Å². The van der Waals surface area contributed by atoms with Crippen molar-refractivity contribution in [2.45, 2.75) is 13.8 Å². The number of H-pyrrole nitrogens is 1. The summed E-state index contributed by atoms with van der Waals surface area (Å²) in [6.07, 6.45) is 0. The Hall–Kier alpha value is -4.26. The first kappa shape index (κ1) is 23.5. The molecule has 3 aromatic carbocycles. The highest BCUT2D eigenvalue weighted by molar-refractivity contribution is 6.15. The number of nitrogens with zero attached hydrogens (tertiary/aromatic N) is 2. The Morgan fingerprint density at radius 1 is 0.861 bits per heavy atom. The summed E-state index contributed by atoms with van der Waals surface area (Å²) in [7, 11) is 1.65. The lowest BCUT2D eigenvalue weighted by molar-refractivity contribution is 0.0743. The van der Waals surface area contributed by atoms with E-state index in [-0.39, 0.29) is 11.8 Å². The lowest BCUT2D eigenvalue weighted by Crippen LogP contribution is -2.49. The number of amides is 2. The minimum absolute atomic E-state index is 0.113. The average Bonchev–Trinajstić information content (AvgIpc) is 3.26. The van der Waals surface area contributed by atoms with Gasteiger partial charge in [0.25, 0.3) is 11.8 Å². The number of carbonyl (C=O) groups excluding carboxylic acids is 2. The van der Waals surface area contributed by atoms with Gasteiger partial charge in [-0.25, -0.2) is 0 Å². The van der Waals surface area contributed by atoms with Crippen LogP contribution in [0.4, 0.5) is 11.4 Å². The molecule has 0 unspecified atom stereocenters. The van der Waals surface area contributed by atoms with Crippen molar-refractivity contribution in [2.75, 3.05) is 43.5 Å². The van der Waals surface area contributed by atoms with Crippen molar-refractivity contribution in [1.29, 1.82) is 0 Å². The summed E-state index contributed by atoms with van der Waals surface area (Å²) in [6.45, 7) is 6.60. The second-order valence-electron chi connectivity index (χ2n) is 9.22. The SMILES string of the molecule is COc1ccc(N2CCN(C(=O)c3[nH]c4ccc(C)cc4c3NC(=O)c3ccc(C)cc3)CC2)cc1. The molecule has 1 aliphatic rings. The van der Waals surface area contributed by atoms with E-state index in [1.165, 1.54) is 0 Å². The van der Waals surface area contributed by atoms with Crippen LogP contribution in [0.25, 0.3) is 10.9 Å². The minimum atomic E-state index is -0.240. The summed E-state index contributed by atoms with van der Waals surface area (Å²) < 4.78 is 5.25. The predicted molar refractivity (Wildman–Crippen MR) is 143 cm³/mol. The zero-order valence-electron chi connectivity index (χ0n) is 20.8. The molecular formula is C29H30N4O3. The number of fused-ring (bicyclic) bond motifs is 1. The second-order valence-corrected chi connectivity index (χ2v) is 9.22. The molecule has 1 saturated heterocycles. The van der Waals surface area contributed by atoms with Gasteiger partial charge in [-0.2, -0.15) is 0 Å². The molecular weight excluding hydrogens is 452 g/mol. The van der Waals surface area contributed by atoms with Crippen LogP contribution in [-0.4, -0.2) is 55.0 Å². The number of rotatable bonds is 5. The van der Waals surface area contributed by atoms with Crippen molar-refractivity contribution < 1.29 is 14.3 Å². The van der Waals surface area contributed by atoms with Gasteiger partial charge in [0.2, 0.25) is 0 Å². The largest absolute Gasteiger partial charge is 0.497 e. The van der Waals surface area contributed by atoms with E-state index in [0.29, 0.717) is 30.0 Å². The second kappa shape index (κ2) is 9.77. The number of aryl methyl sites for hydroxylation is 2. The van der Waals surface area contributed by atoms with Gasteiger partial charge in [0.1, 0.15) is 11.4 Å². The fourth-order valence-electron chi connectivity index (χ4n) is 4.61. The molecule has 2 amide bonds. The number of methoxy groups -OCH3 is 1. The number of aromatic nitrogens is 1. The van der Waals surface area contributed by atoms with Crippen LogP contribution in [0.15, 0.2) is 66.7 Å². The maximum atomic E-state index is 13.7.